The molecule has 0 spiro atoms. The van der Waals surface area contributed by atoms with Crippen LogP contribution in [0.3, 0.4) is 0 Å². The molecule has 3 N–H and O–H groups in total. The minimum absolute atomic E-state index is 0.299. The third-order valence-corrected chi connectivity index (χ3v) is 5.49. The summed E-state index contributed by atoms with van der Waals surface area (Å²) in [7, 11) is 0. The molecule has 0 unspecified atom stereocenters. The first-order chi connectivity index (χ1) is 16.5. The number of carbonyl (C=O) groups is 1. The van der Waals surface area contributed by atoms with Gasteiger partial charge in [-0.3, -0.25) is 0 Å². The second-order valence-electron chi connectivity index (χ2n) is 7.70. The van der Waals surface area contributed by atoms with Crippen LogP contribution in [-0.4, -0.2) is 31.0 Å². The Morgan fingerprint density at radius 3 is 1.29 bits per heavy atom. The Morgan fingerprint density at radius 2 is 0.971 bits per heavy atom. The molecule has 0 radical (unpaired) electrons. The second-order valence-corrected chi connectivity index (χ2v) is 8.34. The zero-order valence-electron chi connectivity index (χ0n) is 17.8. The van der Waals surface area contributed by atoms with E-state index in [0.29, 0.717) is 5.56 Å². The van der Waals surface area contributed by atoms with Gasteiger partial charge < -0.3 is 9.97 Å². The van der Waals surface area contributed by atoms with Crippen molar-refractivity contribution in [1.82, 2.24) is 19.9 Å². The molecule has 5 heterocycles. The summed E-state index contributed by atoms with van der Waals surface area (Å²) in [5.41, 5.74) is 8.16. The first kappa shape index (κ1) is 21.6. The number of fused-ring (bicyclic) bond motifs is 8. The standard InChI is InChI=1S/C20H14N4.C7H5O2.Fe/c1-2-14-10-16-5-6-18(23-16)12-20-8-7-19(24-20)11-17-4-3-15(22-17)9-13(1)21-14;8-7(9)6-4-2-1-3-5-6;/h1-12,21,24H;2-5H,(H,8,9);. The molecule has 2 aliphatic heterocycles. The molecule has 0 aliphatic carbocycles. The Morgan fingerprint density at radius 1 is 0.618 bits per heavy atom. The van der Waals surface area contributed by atoms with Crippen molar-refractivity contribution in [3.63, 3.8) is 0 Å². The van der Waals surface area contributed by atoms with E-state index in [1.807, 2.05) is 48.6 Å². The van der Waals surface area contributed by atoms with E-state index in [2.05, 4.69) is 60.2 Å². The maximum absolute atomic E-state index is 10.3. The fraction of sp³-hybridized carbons (Fsp3) is 0. The van der Waals surface area contributed by atoms with Crippen LogP contribution in [-0.2, 0) is 16.0 Å². The van der Waals surface area contributed by atoms with Crippen LogP contribution in [0, 0.1) is 0 Å². The Kier molecular flexibility index (Phi) is 5.95. The summed E-state index contributed by atoms with van der Waals surface area (Å²) in [6.45, 7) is 0. The Hall–Kier alpha value is -4.19. The molecule has 167 valence electrons. The molecule has 4 aromatic rings. The maximum atomic E-state index is 10.3. The molecule has 7 heteroatoms. The van der Waals surface area contributed by atoms with Crippen LogP contribution >= 0.6 is 0 Å². The number of nitrogens with one attached hydrogen (secondary N) is 2. The molecule has 0 atom stereocenters. The Bertz CT molecular complexity index is 1420. The van der Waals surface area contributed by atoms with Gasteiger partial charge in [0.2, 0.25) is 0 Å². The monoisotopic (exact) mass is 487 g/mol. The van der Waals surface area contributed by atoms with Crippen molar-refractivity contribution in [3.05, 3.63) is 101 Å². The van der Waals surface area contributed by atoms with Gasteiger partial charge in [0, 0.05) is 22.1 Å². The van der Waals surface area contributed by atoms with Gasteiger partial charge in [-0.25, -0.2) is 9.97 Å². The molecule has 8 bridgehead atoms. The van der Waals surface area contributed by atoms with Gasteiger partial charge in [-0.2, -0.15) is 0 Å². The van der Waals surface area contributed by atoms with Crippen LogP contribution in [0.5, 0.6) is 0 Å². The topological polar surface area (TPSA) is 94.7 Å². The summed E-state index contributed by atoms with van der Waals surface area (Å²) in [6.07, 6.45) is 8.09. The van der Waals surface area contributed by atoms with E-state index in [-0.39, 0.29) is 0 Å². The van der Waals surface area contributed by atoms with Crippen LogP contribution in [0.4, 0.5) is 0 Å². The second kappa shape index (κ2) is 9.35. The van der Waals surface area contributed by atoms with Crippen molar-refractivity contribution < 1.29 is 25.9 Å². The van der Waals surface area contributed by atoms with Crippen LogP contribution in [0.25, 0.3) is 46.4 Å². The predicted molar refractivity (Wildman–Crippen MR) is 132 cm³/mol. The van der Waals surface area contributed by atoms with E-state index in [1.165, 1.54) is 12.1 Å². The van der Waals surface area contributed by atoms with Gasteiger partial charge in [0.05, 0.1) is 22.8 Å². The number of H-pyrrole nitrogens is 2. The molecule has 34 heavy (non-hydrogen) atoms. The Balaban J connectivity index is 0.000000204. The van der Waals surface area contributed by atoms with Crippen molar-refractivity contribution in [1.29, 1.82) is 0 Å². The van der Waals surface area contributed by atoms with E-state index in [0.717, 1.165) is 49.3 Å². The molecule has 0 saturated heterocycles. The van der Waals surface area contributed by atoms with Crippen molar-refractivity contribution in [2.45, 2.75) is 0 Å². The number of rotatable bonds is 1. The molecular formula is C27H19FeN4O2. The average Bonchev–Trinajstić information content (AvgIpc) is 3.60. The van der Waals surface area contributed by atoms with Crippen molar-refractivity contribution in [3.8, 4) is 0 Å². The first-order valence-electron chi connectivity index (χ1n) is 10.5. The van der Waals surface area contributed by atoms with Gasteiger partial charge in [-0.05, 0) is 72.8 Å². The van der Waals surface area contributed by atoms with Gasteiger partial charge in [0.1, 0.15) is 0 Å². The van der Waals surface area contributed by atoms with Crippen LogP contribution < -0.4 is 4.46 Å². The van der Waals surface area contributed by atoms with Crippen molar-refractivity contribution in [2.24, 2.45) is 0 Å². The van der Waals surface area contributed by atoms with E-state index in [1.54, 1.807) is 12.1 Å². The summed E-state index contributed by atoms with van der Waals surface area (Å²) in [6, 6.07) is 22.8. The van der Waals surface area contributed by atoms with Crippen LogP contribution in [0.2, 0.25) is 0 Å². The molecule has 2 aliphatic rings. The molecule has 0 saturated carbocycles. The number of hydrogen-bond acceptors (Lipinski definition) is 3. The minimum atomic E-state index is -0.903. The van der Waals surface area contributed by atoms with Gasteiger partial charge in [-0.15, -0.1) is 0 Å². The summed E-state index contributed by atoms with van der Waals surface area (Å²) < 4.78 is 0.824. The van der Waals surface area contributed by atoms with Crippen molar-refractivity contribution >= 4 is 56.8 Å². The van der Waals surface area contributed by atoms with Gasteiger partial charge in [0.15, 0.2) is 0 Å². The van der Waals surface area contributed by atoms with Crippen LogP contribution in [0.1, 0.15) is 33.1 Å². The zero-order valence-corrected chi connectivity index (χ0v) is 18.9. The SMILES string of the molecule is C1=Cc2cc3ccc(cc4nc(cc5ccc(cc1n2)[nH]5)C=C4)[nH]3.O=C(O)c1cc[c]([Fe])cc1. The zero-order chi connectivity index (χ0) is 23.5. The number of benzene rings is 1. The van der Waals surface area contributed by atoms with E-state index < -0.39 is 5.97 Å². The summed E-state index contributed by atoms with van der Waals surface area (Å²) in [4.78, 5) is 26.3. The Labute approximate surface area is 203 Å². The molecule has 6 nitrogen and oxygen atoms in total. The summed E-state index contributed by atoms with van der Waals surface area (Å²) >= 11 is 3.63. The average molecular weight is 487 g/mol. The van der Waals surface area contributed by atoms with E-state index in [4.69, 9.17) is 5.11 Å². The number of aromatic carboxylic acids is 1. The van der Waals surface area contributed by atoms with Gasteiger partial charge in [0.25, 0.3) is 0 Å². The van der Waals surface area contributed by atoms with Crippen molar-refractivity contribution in [2.75, 3.05) is 0 Å². The van der Waals surface area contributed by atoms with E-state index in [9.17, 15) is 4.79 Å². The summed E-state index contributed by atoms with van der Waals surface area (Å²) in [5, 5.41) is 8.46. The number of aromatic nitrogens is 4. The molecular weight excluding hydrogens is 468 g/mol. The fourth-order valence-electron chi connectivity index (χ4n) is 3.53. The molecule has 0 amide bonds. The molecule has 0 fully saturated rings. The van der Waals surface area contributed by atoms with E-state index >= 15 is 0 Å². The third kappa shape index (κ3) is 5.23. The first-order valence-corrected chi connectivity index (χ1v) is 11.1. The normalized spacial score (nSPS) is 11.7. The number of nitrogens with zero attached hydrogens (tertiary/aromatic N) is 2. The number of aromatic amines is 2. The molecule has 1 aromatic carbocycles. The number of hydrogen-bond donors (Lipinski definition) is 3. The van der Waals surface area contributed by atoms with Gasteiger partial charge >= 0.3 is 66.2 Å². The quantitative estimate of drug-likeness (QED) is 0.278. The molecule has 6 rings (SSSR count). The fourth-order valence-corrected chi connectivity index (χ4v) is 3.72. The number of carboxylic acids is 1. The third-order valence-electron chi connectivity index (χ3n) is 5.12. The molecule has 3 aromatic heterocycles. The number of carboxylic acid groups (broad SMARTS) is 1. The summed E-state index contributed by atoms with van der Waals surface area (Å²) in [5.74, 6) is -0.903. The van der Waals surface area contributed by atoms with Gasteiger partial charge in [-0.1, -0.05) is 0 Å². The predicted octanol–water partition coefficient (Wildman–Crippen LogP) is 5.21. The van der Waals surface area contributed by atoms with Crippen LogP contribution in [0.15, 0.2) is 72.8 Å².